The van der Waals surface area contributed by atoms with Crippen molar-refractivity contribution in [3.63, 3.8) is 0 Å². The van der Waals surface area contributed by atoms with Gasteiger partial charge in [-0.3, -0.25) is 9.59 Å². The van der Waals surface area contributed by atoms with Crippen molar-refractivity contribution in [2.75, 3.05) is 11.5 Å². The van der Waals surface area contributed by atoms with Gasteiger partial charge >= 0.3 is 5.97 Å². The molecule has 0 aromatic heterocycles. The first-order chi connectivity index (χ1) is 7.18. The fraction of sp³-hybridized carbons (Fsp3) is 0.800. The average molecular weight is 229 g/mol. The van der Waals surface area contributed by atoms with Crippen LogP contribution >= 0.6 is 11.8 Å². The van der Waals surface area contributed by atoms with E-state index in [0.717, 1.165) is 24.3 Å². The Hall–Kier alpha value is -0.710. The molecular weight excluding hydrogens is 214 g/mol. The van der Waals surface area contributed by atoms with Crippen molar-refractivity contribution in [1.29, 1.82) is 0 Å². The van der Waals surface area contributed by atoms with Crippen LogP contribution in [0.3, 0.4) is 0 Å². The van der Waals surface area contributed by atoms with Crippen LogP contribution in [-0.4, -0.2) is 34.5 Å². The molecule has 0 bridgehead atoms. The van der Waals surface area contributed by atoms with E-state index in [-0.39, 0.29) is 17.9 Å². The SMILES string of the molecule is O=C(O)C1CCC1C(=O)NC1CCSC1. The Kier molecular flexibility index (Phi) is 3.19. The predicted molar refractivity (Wildman–Crippen MR) is 57.7 cm³/mol. The number of carbonyl (C=O) groups excluding carboxylic acids is 1. The number of nitrogens with one attached hydrogen (secondary N) is 1. The van der Waals surface area contributed by atoms with E-state index in [9.17, 15) is 9.59 Å². The van der Waals surface area contributed by atoms with Gasteiger partial charge in [-0.1, -0.05) is 0 Å². The minimum absolute atomic E-state index is 0.0545. The van der Waals surface area contributed by atoms with Crippen molar-refractivity contribution in [3.05, 3.63) is 0 Å². The number of rotatable bonds is 3. The van der Waals surface area contributed by atoms with Gasteiger partial charge in [-0.2, -0.15) is 11.8 Å². The summed E-state index contributed by atoms with van der Waals surface area (Å²) in [6.45, 7) is 0. The lowest BCUT2D eigenvalue weighted by atomic mass is 9.73. The molecule has 4 nitrogen and oxygen atoms in total. The molecule has 2 fully saturated rings. The molecule has 0 aromatic rings. The quantitative estimate of drug-likeness (QED) is 0.748. The van der Waals surface area contributed by atoms with Gasteiger partial charge in [-0.15, -0.1) is 0 Å². The first-order valence-electron chi connectivity index (χ1n) is 5.29. The van der Waals surface area contributed by atoms with Crippen LogP contribution in [0.4, 0.5) is 0 Å². The third-order valence-electron chi connectivity index (χ3n) is 3.20. The van der Waals surface area contributed by atoms with Gasteiger partial charge in [0, 0.05) is 11.8 Å². The molecule has 1 amide bonds. The topological polar surface area (TPSA) is 66.4 Å². The molecule has 3 atom stereocenters. The fourth-order valence-electron chi connectivity index (χ4n) is 2.07. The van der Waals surface area contributed by atoms with Crippen molar-refractivity contribution >= 4 is 23.6 Å². The molecule has 5 heteroatoms. The van der Waals surface area contributed by atoms with E-state index < -0.39 is 11.9 Å². The maximum atomic E-state index is 11.7. The summed E-state index contributed by atoms with van der Waals surface area (Å²) >= 11 is 1.84. The summed E-state index contributed by atoms with van der Waals surface area (Å²) < 4.78 is 0. The van der Waals surface area contributed by atoms with Gasteiger partial charge in [-0.05, 0) is 25.0 Å². The van der Waals surface area contributed by atoms with Crippen LogP contribution in [0.1, 0.15) is 19.3 Å². The Bertz CT molecular complexity index is 276. The summed E-state index contributed by atoms with van der Waals surface area (Å²) in [6.07, 6.45) is 2.39. The molecule has 2 rings (SSSR count). The minimum atomic E-state index is -0.831. The molecule has 0 aromatic carbocycles. The Balaban J connectivity index is 1.82. The number of thioether (sulfide) groups is 1. The fourth-order valence-corrected chi connectivity index (χ4v) is 3.22. The molecule has 1 saturated carbocycles. The zero-order valence-electron chi connectivity index (χ0n) is 8.44. The van der Waals surface area contributed by atoms with Crippen LogP contribution in [0.2, 0.25) is 0 Å². The summed E-state index contributed by atoms with van der Waals surface area (Å²) in [6, 6.07) is 0.262. The first-order valence-corrected chi connectivity index (χ1v) is 6.45. The van der Waals surface area contributed by atoms with Crippen LogP contribution in [-0.2, 0) is 9.59 Å². The van der Waals surface area contributed by atoms with Gasteiger partial charge in [-0.25, -0.2) is 0 Å². The standard InChI is InChI=1S/C10H15NO3S/c12-9(11-6-3-4-15-5-6)7-1-2-8(7)10(13)14/h6-8H,1-5H2,(H,11,12)(H,13,14). The summed E-state index contributed by atoms with van der Waals surface area (Å²) in [5.41, 5.74) is 0. The Morgan fingerprint density at radius 3 is 2.40 bits per heavy atom. The van der Waals surface area contributed by atoms with Crippen LogP contribution in [0.15, 0.2) is 0 Å². The number of carboxylic acid groups (broad SMARTS) is 1. The number of aliphatic carboxylic acids is 1. The zero-order valence-corrected chi connectivity index (χ0v) is 9.26. The Morgan fingerprint density at radius 1 is 1.20 bits per heavy atom. The van der Waals surface area contributed by atoms with E-state index >= 15 is 0 Å². The first kappa shape index (κ1) is 10.8. The molecule has 15 heavy (non-hydrogen) atoms. The lowest BCUT2D eigenvalue weighted by Crippen LogP contribution is -2.47. The predicted octanol–water partition coefficient (Wildman–Crippen LogP) is 0.719. The van der Waals surface area contributed by atoms with E-state index in [4.69, 9.17) is 5.11 Å². The molecule has 2 N–H and O–H groups in total. The second-order valence-corrected chi connectivity index (χ2v) is 5.35. The number of carboxylic acids is 1. The second kappa shape index (κ2) is 4.43. The molecule has 84 valence electrons. The number of hydrogen-bond acceptors (Lipinski definition) is 3. The summed E-state index contributed by atoms with van der Waals surface area (Å²) in [4.78, 5) is 22.5. The molecule has 1 heterocycles. The van der Waals surface area contributed by atoms with E-state index in [2.05, 4.69) is 5.32 Å². The number of carbonyl (C=O) groups is 2. The van der Waals surface area contributed by atoms with E-state index in [1.54, 1.807) is 0 Å². The number of hydrogen-bond donors (Lipinski definition) is 2. The van der Waals surface area contributed by atoms with Crippen LogP contribution in [0, 0.1) is 11.8 Å². The monoisotopic (exact) mass is 229 g/mol. The van der Waals surface area contributed by atoms with Gasteiger partial charge in [0.25, 0.3) is 0 Å². The van der Waals surface area contributed by atoms with Crippen molar-refractivity contribution < 1.29 is 14.7 Å². The minimum Gasteiger partial charge on any atom is -0.481 e. The molecule has 1 aliphatic carbocycles. The highest BCUT2D eigenvalue weighted by Gasteiger charge is 2.41. The summed E-state index contributed by atoms with van der Waals surface area (Å²) in [5, 5.41) is 11.8. The zero-order chi connectivity index (χ0) is 10.8. The third kappa shape index (κ3) is 2.27. The second-order valence-electron chi connectivity index (χ2n) is 4.20. The van der Waals surface area contributed by atoms with Gasteiger partial charge in [0.05, 0.1) is 11.8 Å². The molecule has 1 aliphatic heterocycles. The van der Waals surface area contributed by atoms with Crippen molar-refractivity contribution in [2.24, 2.45) is 11.8 Å². The third-order valence-corrected chi connectivity index (χ3v) is 4.37. The van der Waals surface area contributed by atoms with Crippen molar-refractivity contribution in [2.45, 2.75) is 25.3 Å². The summed E-state index contributed by atoms with van der Waals surface area (Å²) in [7, 11) is 0. The number of amides is 1. The molecular formula is C10H15NO3S. The smallest absolute Gasteiger partial charge is 0.307 e. The van der Waals surface area contributed by atoms with Crippen LogP contribution < -0.4 is 5.32 Å². The van der Waals surface area contributed by atoms with Crippen LogP contribution in [0.5, 0.6) is 0 Å². The lowest BCUT2D eigenvalue weighted by Gasteiger charge is -2.32. The van der Waals surface area contributed by atoms with Crippen LogP contribution in [0.25, 0.3) is 0 Å². The normalized spacial score (nSPS) is 34.5. The average Bonchev–Trinajstić information content (AvgIpc) is 2.52. The molecule has 0 radical (unpaired) electrons. The van der Waals surface area contributed by atoms with Gasteiger partial charge in [0.1, 0.15) is 0 Å². The maximum Gasteiger partial charge on any atom is 0.307 e. The molecule has 1 saturated heterocycles. The van der Waals surface area contributed by atoms with E-state index in [1.807, 2.05) is 11.8 Å². The summed E-state index contributed by atoms with van der Waals surface area (Å²) in [5.74, 6) is 0.448. The lowest BCUT2D eigenvalue weighted by molar-refractivity contribution is -0.152. The molecule has 3 unspecified atom stereocenters. The highest BCUT2D eigenvalue weighted by molar-refractivity contribution is 7.99. The highest BCUT2D eigenvalue weighted by atomic mass is 32.2. The largest absolute Gasteiger partial charge is 0.481 e. The van der Waals surface area contributed by atoms with E-state index in [1.165, 1.54) is 0 Å². The van der Waals surface area contributed by atoms with Gasteiger partial charge < -0.3 is 10.4 Å². The van der Waals surface area contributed by atoms with Gasteiger partial charge in [0.2, 0.25) is 5.91 Å². The molecule has 0 spiro atoms. The van der Waals surface area contributed by atoms with Crippen molar-refractivity contribution in [3.8, 4) is 0 Å². The Labute approximate surface area is 92.8 Å². The van der Waals surface area contributed by atoms with E-state index in [0.29, 0.717) is 6.42 Å². The molecule has 2 aliphatic rings. The van der Waals surface area contributed by atoms with Gasteiger partial charge in [0.15, 0.2) is 0 Å². The maximum absolute atomic E-state index is 11.7. The van der Waals surface area contributed by atoms with Crippen molar-refractivity contribution in [1.82, 2.24) is 5.32 Å². The Morgan fingerprint density at radius 2 is 1.93 bits per heavy atom. The highest BCUT2D eigenvalue weighted by Crippen LogP contribution is 2.34.